The van der Waals surface area contributed by atoms with Crippen molar-refractivity contribution in [3.63, 3.8) is 0 Å². The second kappa shape index (κ2) is 8.02. The normalized spacial score (nSPS) is 11.1. The van der Waals surface area contributed by atoms with Gasteiger partial charge < -0.3 is 0 Å². The van der Waals surface area contributed by atoms with Crippen LogP contribution in [0.5, 0.6) is 0 Å². The first-order valence-corrected chi connectivity index (χ1v) is 6.90. The van der Waals surface area contributed by atoms with Gasteiger partial charge in [0, 0.05) is 11.2 Å². The molecule has 2 aromatic rings. The van der Waals surface area contributed by atoms with Crippen molar-refractivity contribution >= 4 is 29.8 Å². The van der Waals surface area contributed by atoms with Crippen LogP contribution in [-0.2, 0) is 11.2 Å². The quantitative estimate of drug-likeness (QED) is 0.664. The molecule has 2 rings (SSSR count). The number of hydrazone groups is 1. The lowest BCUT2D eigenvalue weighted by Crippen LogP contribution is -2.19. The highest BCUT2D eigenvalue weighted by Gasteiger charge is 2.00. The van der Waals surface area contributed by atoms with E-state index in [9.17, 15) is 4.79 Å². The Kier molecular flexibility index (Phi) is 5.73. The zero-order chi connectivity index (χ0) is 14.9. The molecule has 1 amide bonds. The molecule has 3 nitrogen and oxygen atoms in total. The fourth-order valence-corrected chi connectivity index (χ4v) is 1.93. The van der Waals surface area contributed by atoms with E-state index < -0.39 is 0 Å². The minimum Gasteiger partial charge on any atom is -0.273 e. The van der Waals surface area contributed by atoms with Gasteiger partial charge in [-0.2, -0.15) is 5.10 Å². The topological polar surface area (TPSA) is 41.5 Å². The highest BCUT2D eigenvalue weighted by Crippen LogP contribution is 2.15. The van der Waals surface area contributed by atoms with Gasteiger partial charge in [-0.15, -0.1) is 0 Å². The van der Waals surface area contributed by atoms with Crippen LogP contribution in [0.2, 0.25) is 5.02 Å². The van der Waals surface area contributed by atoms with Crippen molar-refractivity contribution in [1.82, 2.24) is 5.43 Å². The van der Waals surface area contributed by atoms with Crippen molar-refractivity contribution in [3.8, 4) is 0 Å². The Balaban J connectivity index is 1.80. The molecule has 0 saturated heterocycles. The molecule has 0 aromatic heterocycles. The molecule has 0 aliphatic carbocycles. The molecule has 0 heterocycles. The Bertz CT molecular complexity index is 651. The second-order valence-corrected chi connectivity index (χ2v) is 4.76. The van der Waals surface area contributed by atoms with E-state index in [2.05, 4.69) is 10.5 Å². The fraction of sp³-hybridized carbons (Fsp3) is 0.0588. The lowest BCUT2D eigenvalue weighted by molar-refractivity contribution is -0.120. The second-order valence-electron chi connectivity index (χ2n) is 4.36. The summed E-state index contributed by atoms with van der Waals surface area (Å²) in [5, 5.41) is 4.53. The van der Waals surface area contributed by atoms with Gasteiger partial charge in [-0.05, 0) is 23.3 Å². The number of carbonyl (C=O) groups is 1. The van der Waals surface area contributed by atoms with E-state index in [1.165, 1.54) is 6.21 Å². The Hall–Kier alpha value is -2.39. The van der Waals surface area contributed by atoms with Gasteiger partial charge in [0.05, 0.1) is 6.42 Å². The van der Waals surface area contributed by atoms with Gasteiger partial charge in [0.2, 0.25) is 5.91 Å². The van der Waals surface area contributed by atoms with Crippen molar-refractivity contribution in [2.24, 2.45) is 5.10 Å². The molecular formula is C17H15ClN2O. The SMILES string of the molecule is O=C(Cc1ccccc1)N/N=C/C=C/c1ccccc1Cl. The predicted octanol–water partition coefficient (Wildman–Crippen LogP) is 3.70. The number of carbonyl (C=O) groups excluding carboxylic acids is 1. The number of hydrogen-bond acceptors (Lipinski definition) is 2. The maximum atomic E-state index is 11.6. The molecule has 2 aromatic carbocycles. The van der Waals surface area contributed by atoms with Gasteiger partial charge in [-0.1, -0.05) is 66.2 Å². The van der Waals surface area contributed by atoms with Gasteiger partial charge in [-0.25, -0.2) is 5.43 Å². The summed E-state index contributed by atoms with van der Waals surface area (Å²) in [5.41, 5.74) is 4.34. The van der Waals surface area contributed by atoms with Crippen molar-refractivity contribution in [2.75, 3.05) is 0 Å². The average Bonchev–Trinajstić information content (AvgIpc) is 2.50. The zero-order valence-corrected chi connectivity index (χ0v) is 12.1. The lowest BCUT2D eigenvalue weighted by atomic mass is 10.1. The smallest absolute Gasteiger partial charge is 0.244 e. The summed E-state index contributed by atoms with van der Waals surface area (Å²) in [6, 6.07) is 17.0. The Morgan fingerprint density at radius 2 is 1.81 bits per heavy atom. The van der Waals surface area contributed by atoms with Crippen molar-refractivity contribution < 1.29 is 4.79 Å². The number of nitrogens with one attached hydrogen (secondary N) is 1. The predicted molar refractivity (Wildman–Crippen MR) is 87.3 cm³/mol. The van der Waals surface area contributed by atoms with Crippen LogP contribution < -0.4 is 5.43 Å². The van der Waals surface area contributed by atoms with Crippen LogP contribution >= 0.6 is 11.6 Å². The molecule has 0 aliphatic heterocycles. The maximum Gasteiger partial charge on any atom is 0.244 e. The summed E-state index contributed by atoms with van der Waals surface area (Å²) in [5.74, 6) is -0.149. The summed E-state index contributed by atoms with van der Waals surface area (Å²) < 4.78 is 0. The van der Waals surface area contributed by atoms with E-state index in [0.29, 0.717) is 11.4 Å². The average molecular weight is 299 g/mol. The third kappa shape index (κ3) is 5.24. The number of rotatable bonds is 5. The van der Waals surface area contributed by atoms with Crippen molar-refractivity contribution in [1.29, 1.82) is 0 Å². The summed E-state index contributed by atoms with van der Waals surface area (Å²) >= 11 is 6.01. The van der Waals surface area contributed by atoms with Crippen LogP contribution in [0.25, 0.3) is 6.08 Å². The van der Waals surface area contributed by atoms with E-state index in [1.54, 1.807) is 6.08 Å². The molecule has 0 spiro atoms. The van der Waals surface area contributed by atoms with Crippen LogP contribution in [0.15, 0.2) is 65.8 Å². The number of nitrogens with zero attached hydrogens (tertiary/aromatic N) is 1. The van der Waals surface area contributed by atoms with Crippen LogP contribution in [-0.4, -0.2) is 12.1 Å². The Morgan fingerprint density at radius 1 is 1.10 bits per heavy atom. The van der Waals surface area contributed by atoms with Crippen LogP contribution in [0.4, 0.5) is 0 Å². The zero-order valence-electron chi connectivity index (χ0n) is 11.4. The van der Waals surface area contributed by atoms with Crippen LogP contribution in [0.1, 0.15) is 11.1 Å². The number of amides is 1. The summed E-state index contributed by atoms with van der Waals surface area (Å²) in [7, 11) is 0. The van der Waals surface area contributed by atoms with E-state index in [4.69, 9.17) is 11.6 Å². The van der Waals surface area contributed by atoms with Gasteiger partial charge in [0.1, 0.15) is 0 Å². The first-order valence-electron chi connectivity index (χ1n) is 6.53. The Morgan fingerprint density at radius 3 is 2.57 bits per heavy atom. The minimum absolute atomic E-state index is 0.149. The number of benzene rings is 2. The van der Waals surface area contributed by atoms with E-state index >= 15 is 0 Å². The van der Waals surface area contributed by atoms with E-state index in [1.807, 2.05) is 60.7 Å². The first-order chi connectivity index (χ1) is 10.3. The fourth-order valence-electron chi connectivity index (χ4n) is 1.73. The van der Waals surface area contributed by atoms with Gasteiger partial charge in [0.15, 0.2) is 0 Å². The summed E-state index contributed by atoms with van der Waals surface area (Å²) in [4.78, 5) is 11.6. The van der Waals surface area contributed by atoms with Crippen LogP contribution in [0, 0.1) is 0 Å². The van der Waals surface area contributed by atoms with E-state index in [-0.39, 0.29) is 5.91 Å². The number of halogens is 1. The largest absolute Gasteiger partial charge is 0.273 e. The monoisotopic (exact) mass is 298 g/mol. The van der Waals surface area contributed by atoms with Crippen molar-refractivity contribution in [3.05, 3.63) is 76.8 Å². The van der Waals surface area contributed by atoms with Crippen LogP contribution in [0.3, 0.4) is 0 Å². The molecule has 0 aliphatic rings. The van der Waals surface area contributed by atoms with Gasteiger partial charge >= 0.3 is 0 Å². The molecule has 21 heavy (non-hydrogen) atoms. The van der Waals surface area contributed by atoms with Crippen molar-refractivity contribution in [2.45, 2.75) is 6.42 Å². The highest BCUT2D eigenvalue weighted by molar-refractivity contribution is 6.32. The number of hydrogen-bond donors (Lipinski definition) is 1. The third-order valence-corrected chi connectivity index (χ3v) is 3.08. The van der Waals surface area contributed by atoms with E-state index in [0.717, 1.165) is 11.1 Å². The van der Waals surface area contributed by atoms with Gasteiger partial charge in [0.25, 0.3) is 0 Å². The molecule has 0 unspecified atom stereocenters. The summed E-state index contributed by atoms with van der Waals surface area (Å²) in [6.45, 7) is 0. The molecular weight excluding hydrogens is 284 g/mol. The van der Waals surface area contributed by atoms with Gasteiger partial charge in [-0.3, -0.25) is 4.79 Å². The molecule has 1 N–H and O–H groups in total. The molecule has 0 bridgehead atoms. The Labute approximate surface area is 129 Å². The molecule has 4 heteroatoms. The lowest BCUT2D eigenvalue weighted by Gasteiger charge is -1.99. The molecule has 0 radical (unpaired) electrons. The maximum absolute atomic E-state index is 11.6. The molecule has 0 saturated carbocycles. The minimum atomic E-state index is -0.149. The summed E-state index contributed by atoms with van der Waals surface area (Å²) in [6.07, 6.45) is 5.39. The third-order valence-electron chi connectivity index (χ3n) is 2.74. The molecule has 0 fully saturated rings. The number of allylic oxidation sites excluding steroid dienone is 1. The standard InChI is InChI=1S/C17H15ClN2O/c18-16-11-5-4-9-15(16)10-6-12-19-20-17(21)13-14-7-2-1-3-8-14/h1-12H,13H2,(H,20,21)/b10-6+,19-12+. The molecule has 106 valence electrons. The highest BCUT2D eigenvalue weighted by atomic mass is 35.5. The first kappa shape index (κ1) is 15.0. The molecule has 0 atom stereocenters.